The Morgan fingerprint density at radius 1 is 0.950 bits per heavy atom. The monoisotopic (exact) mass is 269 g/mol. The minimum atomic E-state index is 0.0197. The molecule has 0 aliphatic heterocycles. The van der Waals surface area contributed by atoms with E-state index in [9.17, 15) is 0 Å². The van der Waals surface area contributed by atoms with Crippen molar-refractivity contribution in [2.45, 2.75) is 39.2 Å². The molecule has 2 unspecified atom stereocenters. The molecular weight excluding hydrogens is 246 g/mol. The fourth-order valence-electron chi connectivity index (χ4n) is 2.10. The standard InChI is InChI=1S/C18H23NO/c1-4-13(2)15-8-10-17(11-9-15)20-18-7-5-6-16(12-18)14(3)19/h5-14H,4,19H2,1-3H3. The Hall–Kier alpha value is -1.80. The van der Waals surface area contributed by atoms with Crippen LogP contribution in [-0.2, 0) is 0 Å². The minimum Gasteiger partial charge on any atom is -0.457 e. The summed E-state index contributed by atoms with van der Waals surface area (Å²) < 4.78 is 5.88. The van der Waals surface area contributed by atoms with E-state index in [1.165, 1.54) is 5.56 Å². The van der Waals surface area contributed by atoms with E-state index in [-0.39, 0.29) is 6.04 Å². The molecule has 0 bridgehead atoms. The highest BCUT2D eigenvalue weighted by Crippen LogP contribution is 2.26. The Balaban J connectivity index is 2.12. The van der Waals surface area contributed by atoms with Crippen molar-refractivity contribution >= 4 is 0 Å². The number of nitrogens with two attached hydrogens (primary N) is 1. The number of hydrogen-bond acceptors (Lipinski definition) is 2. The van der Waals surface area contributed by atoms with Crippen molar-refractivity contribution in [1.82, 2.24) is 0 Å². The first kappa shape index (κ1) is 14.6. The molecule has 0 aliphatic rings. The lowest BCUT2D eigenvalue weighted by molar-refractivity contribution is 0.481. The van der Waals surface area contributed by atoms with Crippen molar-refractivity contribution in [3.8, 4) is 11.5 Å². The largest absolute Gasteiger partial charge is 0.457 e. The highest BCUT2D eigenvalue weighted by atomic mass is 16.5. The van der Waals surface area contributed by atoms with Gasteiger partial charge in [-0.2, -0.15) is 0 Å². The zero-order valence-corrected chi connectivity index (χ0v) is 12.5. The van der Waals surface area contributed by atoms with Crippen LogP contribution in [-0.4, -0.2) is 0 Å². The number of ether oxygens (including phenoxy) is 1. The molecule has 0 saturated carbocycles. The fraction of sp³-hybridized carbons (Fsp3) is 0.333. The van der Waals surface area contributed by atoms with Crippen molar-refractivity contribution in [3.05, 3.63) is 59.7 Å². The second-order valence-electron chi connectivity index (χ2n) is 5.34. The van der Waals surface area contributed by atoms with Crippen LogP contribution in [0.2, 0.25) is 0 Å². The topological polar surface area (TPSA) is 35.2 Å². The minimum absolute atomic E-state index is 0.0197. The van der Waals surface area contributed by atoms with Crippen molar-refractivity contribution in [1.29, 1.82) is 0 Å². The quantitative estimate of drug-likeness (QED) is 0.827. The molecule has 0 aromatic heterocycles. The average Bonchev–Trinajstić information content (AvgIpc) is 2.47. The molecule has 0 radical (unpaired) electrons. The van der Waals surface area contributed by atoms with Crippen LogP contribution in [0.1, 0.15) is 50.3 Å². The molecule has 20 heavy (non-hydrogen) atoms. The third kappa shape index (κ3) is 3.61. The summed E-state index contributed by atoms with van der Waals surface area (Å²) in [6, 6.07) is 16.3. The van der Waals surface area contributed by atoms with Crippen LogP contribution in [0.15, 0.2) is 48.5 Å². The number of hydrogen-bond donors (Lipinski definition) is 1. The third-order valence-corrected chi connectivity index (χ3v) is 3.68. The van der Waals surface area contributed by atoms with E-state index in [1.807, 2.05) is 43.3 Å². The lowest BCUT2D eigenvalue weighted by Gasteiger charge is -2.12. The number of rotatable bonds is 5. The third-order valence-electron chi connectivity index (χ3n) is 3.68. The molecule has 2 aromatic rings. The molecular formula is C18H23NO. The van der Waals surface area contributed by atoms with Gasteiger partial charge in [0.15, 0.2) is 0 Å². The van der Waals surface area contributed by atoms with E-state index in [2.05, 4.69) is 26.0 Å². The molecule has 2 rings (SSSR count). The van der Waals surface area contributed by atoms with Gasteiger partial charge in [0.25, 0.3) is 0 Å². The van der Waals surface area contributed by atoms with E-state index < -0.39 is 0 Å². The van der Waals surface area contributed by atoms with E-state index in [4.69, 9.17) is 10.5 Å². The van der Waals surface area contributed by atoms with E-state index in [0.717, 1.165) is 23.5 Å². The zero-order chi connectivity index (χ0) is 14.5. The normalized spacial score (nSPS) is 13.8. The van der Waals surface area contributed by atoms with Crippen LogP contribution in [0.4, 0.5) is 0 Å². The molecule has 2 atom stereocenters. The molecule has 0 heterocycles. The van der Waals surface area contributed by atoms with Gasteiger partial charge >= 0.3 is 0 Å². The molecule has 0 aliphatic carbocycles. The van der Waals surface area contributed by atoms with Gasteiger partial charge in [0, 0.05) is 6.04 Å². The van der Waals surface area contributed by atoms with Crippen molar-refractivity contribution in [3.63, 3.8) is 0 Å². The first-order valence-corrected chi connectivity index (χ1v) is 7.23. The van der Waals surface area contributed by atoms with Crippen molar-refractivity contribution in [2.24, 2.45) is 5.73 Å². The lowest BCUT2D eigenvalue weighted by Crippen LogP contribution is -2.04. The lowest BCUT2D eigenvalue weighted by atomic mass is 9.99. The molecule has 106 valence electrons. The molecule has 2 heteroatoms. The van der Waals surface area contributed by atoms with E-state index in [1.54, 1.807) is 0 Å². The smallest absolute Gasteiger partial charge is 0.127 e. The van der Waals surface area contributed by atoms with Crippen LogP contribution in [0.3, 0.4) is 0 Å². The highest BCUT2D eigenvalue weighted by Gasteiger charge is 2.05. The molecule has 2 aromatic carbocycles. The Bertz CT molecular complexity index is 546. The van der Waals surface area contributed by atoms with Crippen molar-refractivity contribution in [2.75, 3.05) is 0 Å². The summed E-state index contributed by atoms with van der Waals surface area (Å²) >= 11 is 0. The van der Waals surface area contributed by atoms with Crippen molar-refractivity contribution < 1.29 is 4.74 Å². The Morgan fingerprint density at radius 3 is 2.25 bits per heavy atom. The average molecular weight is 269 g/mol. The predicted octanol–water partition coefficient (Wildman–Crippen LogP) is 5.01. The van der Waals surface area contributed by atoms with E-state index in [0.29, 0.717) is 5.92 Å². The first-order chi connectivity index (χ1) is 9.60. The van der Waals surface area contributed by atoms with Crippen LogP contribution in [0.5, 0.6) is 11.5 Å². The van der Waals surface area contributed by atoms with Gasteiger partial charge < -0.3 is 10.5 Å². The summed E-state index contributed by atoms with van der Waals surface area (Å²) in [5.41, 5.74) is 8.32. The maximum Gasteiger partial charge on any atom is 0.127 e. The van der Waals surface area contributed by atoms with Gasteiger partial charge in [-0.1, -0.05) is 38.1 Å². The van der Waals surface area contributed by atoms with Gasteiger partial charge in [0.1, 0.15) is 11.5 Å². The molecule has 0 amide bonds. The van der Waals surface area contributed by atoms with Crippen LogP contribution < -0.4 is 10.5 Å². The zero-order valence-electron chi connectivity index (χ0n) is 12.5. The van der Waals surface area contributed by atoms with Gasteiger partial charge in [-0.25, -0.2) is 0 Å². The summed E-state index contributed by atoms with van der Waals surface area (Å²) in [4.78, 5) is 0. The molecule has 0 fully saturated rings. The Morgan fingerprint density at radius 2 is 1.65 bits per heavy atom. The summed E-state index contributed by atoms with van der Waals surface area (Å²) in [5.74, 6) is 2.28. The van der Waals surface area contributed by atoms with Gasteiger partial charge in [0.2, 0.25) is 0 Å². The maximum atomic E-state index is 5.89. The Labute approximate surface area is 121 Å². The predicted molar refractivity (Wildman–Crippen MR) is 84.3 cm³/mol. The van der Waals surface area contributed by atoms with Crippen LogP contribution >= 0.6 is 0 Å². The summed E-state index contributed by atoms with van der Waals surface area (Å²) in [5, 5.41) is 0. The summed E-state index contributed by atoms with van der Waals surface area (Å²) in [6.07, 6.45) is 1.15. The fourth-order valence-corrected chi connectivity index (χ4v) is 2.10. The molecule has 0 saturated heterocycles. The number of benzene rings is 2. The summed E-state index contributed by atoms with van der Waals surface area (Å²) in [7, 11) is 0. The van der Waals surface area contributed by atoms with Gasteiger partial charge in [-0.05, 0) is 54.7 Å². The van der Waals surface area contributed by atoms with Gasteiger partial charge in [-0.3, -0.25) is 0 Å². The molecule has 2 N–H and O–H groups in total. The second-order valence-corrected chi connectivity index (χ2v) is 5.34. The highest BCUT2D eigenvalue weighted by molar-refractivity contribution is 5.36. The molecule has 0 spiro atoms. The molecule has 2 nitrogen and oxygen atoms in total. The van der Waals surface area contributed by atoms with Gasteiger partial charge in [-0.15, -0.1) is 0 Å². The van der Waals surface area contributed by atoms with Gasteiger partial charge in [0.05, 0.1) is 0 Å². The first-order valence-electron chi connectivity index (χ1n) is 7.23. The second kappa shape index (κ2) is 6.58. The van der Waals surface area contributed by atoms with Crippen LogP contribution in [0.25, 0.3) is 0 Å². The Kier molecular flexibility index (Phi) is 4.80. The summed E-state index contributed by atoms with van der Waals surface area (Å²) in [6.45, 7) is 6.41. The maximum absolute atomic E-state index is 5.89. The van der Waals surface area contributed by atoms with Crippen LogP contribution in [0, 0.1) is 0 Å². The van der Waals surface area contributed by atoms with E-state index >= 15 is 0 Å². The SMILES string of the molecule is CCC(C)c1ccc(Oc2cccc(C(C)N)c2)cc1.